The molecule has 0 bridgehead atoms. The first-order valence-electron chi connectivity index (χ1n) is 8.58. The van der Waals surface area contributed by atoms with Crippen LogP contribution in [-0.2, 0) is 14.3 Å². The molecule has 1 aliphatic rings. The number of carbonyl (C=O) groups is 2. The van der Waals surface area contributed by atoms with Crippen molar-refractivity contribution < 1.29 is 18.7 Å². The molecule has 2 rings (SSSR count). The van der Waals surface area contributed by atoms with Gasteiger partial charge in [0.25, 0.3) is 0 Å². The predicted molar refractivity (Wildman–Crippen MR) is 97.6 cm³/mol. The highest BCUT2D eigenvalue weighted by molar-refractivity contribution is 7.99. The molecule has 25 heavy (non-hydrogen) atoms. The summed E-state index contributed by atoms with van der Waals surface area (Å²) in [5, 5.41) is -0.297. The number of amides is 1. The topological polar surface area (TPSA) is 46.6 Å². The Kier molecular flexibility index (Phi) is 6.49. The van der Waals surface area contributed by atoms with Crippen LogP contribution >= 0.6 is 11.8 Å². The average molecular weight is 367 g/mol. The van der Waals surface area contributed by atoms with Crippen molar-refractivity contribution in [2.24, 2.45) is 5.41 Å². The number of hydrogen-bond donors (Lipinski definition) is 0. The summed E-state index contributed by atoms with van der Waals surface area (Å²) in [7, 11) is 0. The zero-order chi connectivity index (χ0) is 18.6. The molecule has 0 aliphatic carbocycles. The molecular formula is C19H26FNO3S. The maximum atomic E-state index is 13.2. The molecule has 1 aliphatic heterocycles. The van der Waals surface area contributed by atoms with Crippen LogP contribution in [0.3, 0.4) is 0 Å². The van der Waals surface area contributed by atoms with Gasteiger partial charge in [0.05, 0.1) is 6.61 Å². The van der Waals surface area contributed by atoms with E-state index in [2.05, 4.69) is 0 Å². The summed E-state index contributed by atoms with van der Waals surface area (Å²) in [5.74, 6) is -0.273. The second-order valence-electron chi connectivity index (χ2n) is 7.46. The zero-order valence-corrected chi connectivity index (χ0v) is 16.1. The van der Waals surface area contributed by atoms with Crippen molar-refractivity contribution in [2.45, 2.75) is 52.0 Å². The molecule has 1 heterocycles. The van der Waals surface area contributed by atoms with Gasteiger partial charge >= 0.3 is 5.97 Å². The lowest BCUT2D eigenvalue weighted by Crippen LogP contribution is -2.44. The van der Waals surface area contributed by atoms with Gasteiger partial charge in [0.1, 0.15) is 17.2 Å². The van der Waals surface area contributed by atoms with E-state index in [-0.39, 0.29) is 28.5 Å². The summed E-state index contributed by atoms with van der Waals surface area (Å²) < 4.78 is 18.5. The minimum absolute atomic E-state index is 0.0785. The van der Waals surface area contributed by atoms with Gasteiger partial charge in [0.15, 0.2) is 0 Å². The molecule has 2 unspecified atom stereocenters. The molecule has 138 valence electrons. The summed E-state index contributed by atoms with van der Waals surface area (Å²) in [6, 6.07) is 5.51. The number of hydrogen-bond acceptors (Lipinski definition) is 4. The molecule has 0 spiro atoms. The summed E-state index contributed by atoms with van der Waals surface area (Å²) in [4.78, 5) is 27.0. The van der Waals surface area contributed by atoms with Crippen LogP contribution in [0.15, 0.2) is 24.3 Å². The Balaban J connectivity index is 2.27. The third-order valence-electron chi connectivity index (χ3n) is 3.85. The van der Waals surface area contributed by atoms with Crippen molar-refractivity contribution in [2.75, 3.05) is 12.4 Å². The number of thioether (sulfide) groups is 1. The monoisotopic (exact) mass is 367 g/mol. The summed E-state index contributed by atoms with van der Waals surface area (Å²) in [5.41, 5.74) is 0.634. The van der Waals surface area contributed by atoms with Gasteiger partial charge in [-0.15, -0.1) is 11.8 Å². The highest BCUT2D eigenvalue weighted by atomic mass is 32.2. The fourth-order valence-electron chi connectivity index (χ4n) is 2.72. The van der Waals surface area contributed by atoms with Gasteiger partial charge in [-0.05, 0) is 29.5 Å². The minimum atomic E-state index is -0.596. The number of nitrogens with zero attached hydrogens (tertiary/aromatic N) is 1. The van der Waals surface area contributed by atoms with Crippen LogP contribution in [0.2, 0.25) is 0 Å². The van der Waals surface area contributed by atoms with Gasteiger partial charge in [0.2, 0.25) is 5.91 Å². The predicted octanol–water partition coefficient (Wildman–Crippen LogP) is 4.16. The molecule has 0 saturated carbocycles. The highest BCUT2D eigenvalue weighted by Crippen LogP contribution is 2.43. The SMILES string of the molecule is CCCOC(=O)C1CSC(c2ccc(F)cc2)N1C(=O)CC(C)(C)C. The minimum Gasteiger partial charge on any atom is -0.464 e. The molecule has 0 radical (unpaired) electrons. The van der Waals surface area contributed by atoms with Crippen LogP contribution in [0.25, 0.3) is 0 Å². The molecule has 2 atom stereocenters. The van der Waals surface area contributed by atoms with Crippen molar-refractivity contribution in [1.29, 1.82) is 0 Å². The lowest BCUT2D eigenvalue weighted by molar-refractivity contribution is -0.154. The van der Waals surface area contributed by atoms with Crippen molar-refractivity contribution in [3.63, 3.8) is 0 Å². The summed E-state index contributed by atoms with van der Waals surface area (Å²) >= 11 is 1.52. The Morgan fingerprint density at radius 3 is 2.48 bits per heavy atom. The number of benzene rings is 1. The van der Waals surface area contributed by atoms with E-state index < -0.39 is 6.04 Å². The first-order valence-corrected chi connectivity index (χ1v) is 9.62. The Morgan fingerprint density at radius 2 is 1.92 bits per heavy atom. The Morgan fingerprint density at radius 1 is 1.28 bits per heavy atom. The Labute approximate surface area is 153 Å². The molecule has 1 fully saturated rings. The van der Waals surface area contributed by atoms with Gasteiger partial charge in [0, 0.05) is 12.2 Å². The molecule has 1 aromatic carbocycles. The maximum Gasteiger partial charge on any atom is 0.329 e. The number of carbonyl (C=O) groups excluding carboxylic acids is 2. The largest absolute Gasteiger partial charge is 0.464 e. The molecular weight excluding hydrogens is 341 g/mol. The van der Waals surface area contributed by atoms with Gasteiger partial charge in [-0.1, -0.05) is 39.8 Å². The van der Waals surface area contributed by atoms with Crippen molar-refractivity contribution in [1.82, 2.24) is 4.90 Å². The molecule has 1 saturated heterocycles. The van der Waals surface area contributed by atoms with E-state index in [9.17, 15) is 14.0 Å². The van der Waals surface area contributed by atoms with Crippen LogP contribution in [0.4, 0.5) is 4.39 Å². The molecule has 6 heteroatoms. The van der Waals surface area contributed by atoms with Crippen LogP contribution < -0.4 is 0 Å². The molecule has 1 aromatic rings. The number of halogens is 1. The van der Waals surface area contributed by atoms with Crippen molar-refractivity contribution in [3.05, 3.63) is 35.6 Å². The van der Waals surface area contributed by atoms with E-state index in [0.29, 0.717) is 18.8 Å². The van der Waals surface area contributed by atoms with Gasteiger partial charge in [-0.25, -0.2) is 9.18 Å². The first-order chi connectivity index (χ1) is 11.7. The lowest BCUT2D eigenvalue weighted by Gasteiger charge is -2.31. The van der Waals surface area contributed by atoms with Crippen molar-refractivity contribution in [3.8, 4) is 0 Å². The molecule has 0 aromatic heterocycles. The first kappa shape index (κ1) is 19.8. The van der Waals surface area contributed by atoms with E-state index in [1.54, 1.807) is 17.0 Å². The summed E-state index contributed by atoms with van der Waals surface area (Å²) in [6.45, 7) is 8.26. The fraction of sp³-hybridized carbons (Fsp3) is 0.579. The highest BCUT2D eigenvalue weighted by Gasteiger charge is 2.43. The van der Waals surface area contributed by atoms with Gasteiger partial charge < -0.3 is 9.64 Å². The second-order valence-corrected chi connectivity index (χ2v) is 8.57. The van der Waals surface area contributed by atoms with Gasteiger partial charge in [-0.2, -0.15) is 0 Å². The molecule has 1 amide bonds. The van der Waals surface area contributed by atoms with E-state index in [4.69, 9.17) is 4.74 Å². The third kappa shape index (κ3) is 5.21. The number of rotatable bonds is 5. The van der Waals surface area contributed by atoms with Crippen LogP contribution in [-0.4, -0.2) is 35.2 Å². The van der Waals surface area contributed by atoms with E-state index in [0.717, 1.165) is 12.0 Å². The van der Waals surface area contributed by atoms with E-state index >= 15 is 0 Å². The lowest BCUT2D eigenvalue weighted by atomic mass is 9.91. The molecule has 4 nitrogen and oxygen atoms in total. The smallest absolute Gasteiger partial charge is 0.329 e. The Hall–Kier alpha value is -1.56. The normalized spacial score (nSPS) is 20.6. The van der Waals surface area contributed by atoms with E-state index in [1.165, 1.54) is 23.9 Å². The zero-order valence-electron chi connectivity index (χ0n) is 15.3. The second kappa shape index (κ2) is 8.21. The quantitative estimate of drug-likeness (QED) is 0.733. The fourth-order valence-corrected chi connectivity index (χ4v) is 4.16. The standard InChI is InChI=1S/C19H26FNO3S/c1-5-10-24-18(23)15-12-25-17(13-6-8-14(20)9-7-13)21(15)16(22)11-19(2,3)4/h6-9,15,17H,5,10-12H2,1-4H3. The van der Waals surface area contributed by atoms with Crippen molar-refractivity contribution >= 4 is 23.6 Å². The Bertz CT molecular complexity index is 612. The average Bonchev–Trinajstić information content (AvgIpc) is 2.97. The van der Waals surface area contributed by atoms with Crippen LogP contribution in [0, 0.1) is 11.2 Å². The van der Waals surface area contributed by atoms with E-state index in [1.807, 2.05) is 27.7 Å². The van der Waals surface area contributed by atoms with Crippen LogP contribution in [0.5, 0.6) is 0 Å². The number of ether oxygens (including phenoxy) is 1. The maximum absolute atomic E-state index is 13.2. The molecule has 0 N–H and O–H groups in total. The third-order valence-corrected chi connectivity index (χ3v) is 5.17. The number of esters is 1. The van der Waals surface area contributed by atoms with Crippen LogP contribution in [0.1, 0.15) is 51.5 Å². The van der Waals surface area contributed by atoms with Gasteiger partial charge in [-0.3, -0.25) is 4.79 Å². The summed E-state index contributed by atoms with van der Waals surface area (Å²) in [6.07, 6.45) is 1.08.